The van der Waals surface area contributed by atoms with Gasteiger partial charge in [-0.2, -0.15) is 0 Å². The van der Waals surface area contributed by atoms with Gasteiger partial charge in [0, 0.05) is 5.69 Å². The van der Waals surface area contributed by atoms with Crippen LogP contribution in [0.5, 0.6) is 5.75 Å². The standard InChI is InChI=1S/C18H19N5O4S3/c1-11(16(24)20-12-7-9-13(10-8-12)30(19,25)26)28-18-23-22-17(29-18)21-14-5-3-4-6-15(14)27-2/h3-11H,1-2H3,(H,20,24)(H,21,22)(H2,19,25,26). The predicted octanol–water partition coefficient (Wildman–Crippen LogP) is 3.06. The number of thioether (sulfide) groups is 1. The van der Waals surface area contributed by atoms with E-state index >= 15 is 0 Å². The number of nitrogens with one attached hydrogen (secondary N) is 2. The summed E-state index contributed by atoms with van der Waals surface area (Å²) in [6, 6.07) is 13.1. The van der Waals surface area contributed by atoms with E-state index in [-0.39, 0.29) is 10.8 Å². The molecular weight excluding hydrogens is 446 g/mol. The first kappa shape index (κ1) is 22.0. The van der Waals surface area contributed by atoms with Crippen molar-refractivity contribution in [3.63, 3.8) is 0 Å². The number of para-hydroxylation sites is 2. The number of benzene rings is 2. The normalized spacial score (nSPS) is 12.2. The fraction of sp³-hybridized carbons (Fsp3) is 0.167. The Balaban J connectivity index is 1.59. The Morgan fingerprint density at radius 3 is 2.53 bits per heavy atom. The molecule has 12 heteroatoms. The first-order chi connectivity index (χ1) is 14.3. The van der Waals surface area contributed by atoms with Gasteiger partial charge in [0.25, 0.3) is 0 Å². The molecule has 30 heavy (non-hydrogen) atoms. The van der Waals surface area contributed by atoms with E-state index in [9.17, 15) is 13.2 Å². The third-order valence-corrected chi connectivity index (χ3v) is 6.80. The molecule has 0 spiro atoms. The van der Waals surface area contributed by atoms with Gasteiger partial charge in [-0.15, -0.1) is 10.2 Å². The topological polar surface area (TPSA) is 136 Å². The van der Waals surface area contributed by atoms with Crippen LogP contribution in [0.3, 0.4) is 0 Å². The number of primary sulfonamides is 1. The first-order valence-electron chi connectivity index (χ1n) is 8.60. The van der Waals surface area contributed by atoms with Gasteiger partial charge in [0.2, 0.25) is 21.1 Å². The van der Waals surface area contributed by atoms with Crippen molar-refractivity contribution in [2.75, 3.05) is 17.7 Å². The number of sulfonamides is 1. The number of anilines is 3. The van der Waals surface area contributed by atoms with Crippen LogP contribution in [0.4, 0.5) is 16.5 Å². The third kappa shape index (κ3) is 5.69. The van der Waals surface area contributed by atoms with E-state index in [1.807, 2.05) is 24.3 Å². The van der Waals surface area contributed by atoms with Crippen LogP contribution in [0.25, 0.3) is 0 Å². The molecule has 1 unspecified atom stereocenters. The molecule has 1 heterocycles. The van der Waals surface area contributed by atoms with E-state index in [1.54, 1.807) is 14.0 Å². The second-order valence-corrected chi connectivity index (χ2v) is 10.1. The zero-order valence-electron chi connectivity index (χ0n) is 16.0. The molecule has 2 aromatic carbocycles. The summed E-state index contributed by atoms with van der Waals surface area (Å²) >= 11 is 2.58. The summed E-state index contributed by atoms with van der Waals surface area (Å²) in [5.41, 5.74) is 1.23. The van der Waals surface area contributed by atoms with Crippen LogP contribution in [0, 0.1) is 0 Å². The first-order valence-corrected chi connectivity index (χ1v) is 11.8. The van der Waals surface area contributed by atoms with Crippen molar-refractivity contribution in [1.82, 2.24) is 10.2 Å². The molecule has 1 aromatic heterocycles. The Hall–Kier alpha value is -2.67. The highest BCUT2D eigenvalue weighted by molar-refractivity contribution is 8.02. The molecule has 4 N–H and O–H groups in total. The Bertz CT molecular complexity index is 1130. The monoisotopic (exact) mass is 465 g/mol. The lowest BCUT2D eigenvalue weighted by Gasteiger charge is -2.10. The van der Waals surface area contributed by atoms with Crippen LogP contribution in [-0.2, 0) is 14.8 Å². The molecule has 3 aromatic rings. The van der Waals surface area contributed by atoms with Crippen molar-refractivity contribution in [2.24, 2.45) is 5.14 Å². The van der Waals surface area contributed by atoms with Gasteiger partial charge in [-0.1, -0.05) is 35.2 Å². The highest BCUT2D eigenvalue weighted by Crippen LogP contribution is 2.33. The maximum absolute atomic E-state index is 12.4. The summed E-state index contributed by atoms with van der Waals surface area (Å²) < 4.78 is 28.5. The zero-order valence-corrected chi connectivity index (χ0v) is 18.5. The van der Waals surface area contributed by atoms with E-state index in [4.69, 9.17) is 9.88 Å². The number of amides is 1. The number of methoxy groups -OCH3 is 1. The molecule has 158 valence electrons. The number of ether oxygens (including phenoxy) is 1. The second kappa shape index (κ2) is 9.43. The maximum atomic E-state index is 12.4. The minimum Gasteiger partial charge on any atom is -0.495 e. The molecule has 0 aliphatic rings. The van der Waals surface area contributed by atoms with Gasteiger partial charge < -0.3 is 15.4 Å². The number of aromatic nitrogens is 2. The molecule has 0 radical (unpaired) electrons. The summed E-state index contributed by atoms with van der Waals surface area (Å²) in [6.45, 7) is 1.74. The van der Waals surface area contributed by atoms with Crippen LogP contribution in [0.1, 0.15) is 6.92 Å². The quantitative estimate of drug-likeness (QED) is 0.432. The Labute approximate surface area is 182 Å². The fourth-order valence-electron chi connectivity index (χ4n) is 2.35. The van der Waals surface area contributed by atoms with Crippen molar-refractivity contribution in [2.45, 2.75) is 21.4 Å². The zero-order chi connectivity index (χ0) is 21.7. The Kier molecular flexibility index (Phi) is 6.92. The van der Waals surface area contributed by atoms with Gasteiger partial charge in [-0.25, -0.2) is 13.6 Å². The SMILES string of the molecule is COc1ccccc1Nc1nnc(SC(C)C(=O)Nc2ccc(S(N)(=O)=O)cc2)s1. The van der Waals surface area contributed by atoms with Crippen molar-refractivity contribution in [3.8, 4) is 5.75 Å². The maximum Gasteiger partial charge on any atom is 0.238 e. The number of nitrogens with two attached hydrogens (primary N) is 1. The van der Waals surface area contributed by atoms with Crippen molar-refractivity contribution in [1.29, 1.82) is 0 Å². The van der Waals surface area contributed by atoms with Crippen LogP contribution >= 0.6 is 23.1 Å². The number of carbonyl (C=O) groups excluding carboxylic acids is 1. The lowest BCUT2D eigenvalue weighted by molar-refractivity contribution is -0.115. The molecule has 0 fully saturated rings. The average Bonchev–Trinajstić information content (AvgIpc) is 3.14. The summed E-state index contributed by atoms with van der Waals surface area (Å²) in [4.78, 5) is 12.4. The van der Waals surface area contributed by atoms with Gasteiger partial charge in [0.15, 0.2) is 4.34 Å². The molecular formula is C18H19N5O4S3. The number of hydrogen-bond acceptors (Lipinski definition) is 9. The third-order valence-electron chi connectivity index (χ3n) is 3.85. The highest BCUT2D eigenvalue weighted by atomic mass is 32.2. The van der Waals surface area contributed by atoms with E-state index in [0.717, 1.165) is 5.69 Å². The molecule has 1 atom stereocenters. The molecule has 9 nitrogen and oxygen atoms in total. The lowest BCUT2D eigenvalue weighted by atomic mass is 10.3. The molecule has 0 aliphatic carbocycles. The van der Waals surface area contributed by atoms with Gasteiger partial charge in [-0.05, 0) is 43.3 Å². The number of nitrogens with zero attached hydrogens (tertiary/aromatic N) is 2. The van der Waals surface area contributed by atoms with Crippen molar-refractivity contribution >= 4 is 55.5 Å². The summed E-state index contributed by atoms with van der Waals surface area (Å²) in [7, 11) is -2.19. The van der Waals surface area contributed by atoms with Crippen molar-refractivity contribution < 1.29 is 17.9 Å². The average molecular weight is 466 g/mol. The molecule has 0 bridgehead atoms. The molecule has 1 amide bonds. The summed E-state index contributed by atoms with van der Waals surface area (Å²) in [6.07, 6.45) is 0. The van der Waals surface area contributed by atoms with Gasteiger partial charge in [0.05, 0.1) is 22.9 Å². The predicted molar refractivity (Wildman–Crippen MR) is 118 cm³/mol. The number of rotatable bonds is 8. The summed E-state index contributed by atoms with van der Waals surface area (Å²) in [5.74, 6) is 0.431. The van der Waals surface area contributed by atoms with Crippen LogP contribution in [0.15, 0.2) is 57.8 Å². The largest absolute Gasteiger partial charge is 0.495 e. The molecule has 0 saturated heterocycles. The molecule has 3 rings (SSSR count). The Morgan fingerprint density at radius 2 is 1.87 bits per heavy atom. The van der Waals surface area contributed by atoms with Gasteiger partial charge in [-0.3, -0.25) is 4.79 Å². The van der Waals surface area contributed by atoms with E-state index in [0.29, 0.717) is 20.9 Å². The smallest absolute Gasteiger partial charge is 0.238 e. The van der Waals surface area contributed by atoms with E-state index < -0.39 is 15.3 Å². The van der Waals surface area contributed by atoms with Crippen molar-refractivity contribution in [3.05, 3.63) is 48.5 Å². The lowest BCUT2D eigenvalue weighted by Crippen LogP contribution is -2.22. The van der Waals surface area contributed by atoms with E-state index in [2.05, 4.69) is 20.8 Å². The van der Waals surface area contributed by atoms with E-state index in [1.165, 1.54) is 47.4 Å². The number of carbonyl (C=O) groups is 1. The Morgan fingerprint density at radius 1 is 1.17 bits per heavy atom. The van der Waals surface area contributed by atoms with Gasteiger partial charge in [0.1, 0.15) is 5.75 Å². The fourth-order valence-corrected chi connectivity index (χ4v) is 4.77. The second-order valence-electron chi connectivity index (χ2n) is 6.02. The van der Waals surface area contributed by atoms with Crippen LogP contribution < -0.4 is 20.5 Å². The molecule has 0 aliphatic heterocycles. The van der Waals surface area contributed by atoms with Gasteiger partial charge >= 0.3 is 0 Å². The minimum absolute atomic E-state index is 0.0214. The highest BCUT2D eigenvalue weighted by Gasteiger charge is 2.18. The van der Waals surface area contributed by atoms with Crippen LogP contribution in [0.2, 0.25) is 0 Å². The summed E-state index contributed by atoms with van der Waals surface area (Å²) in [5, 5.41) is 19.3. The van der Waals surface area contributed by atoms with Crippen LogP contribution in [-0.4, -0.2) is 36.9 Å². The molecule has 0 saturated carbocycles. The number of hydrogen-bond donors (Lipinski definition) is 3. The minimum atomic E-state index is -3.77.